The minimum absolute atomic E-state index is 0.0803. The van der Waals surface area contributed by atoms with Gasteiger partial charge in [0.1, 0.15) is 6.61 Å². The molecule has 0 radical (unpaired) electrons. The van der Waals surface area contributed by atoms with E-state index in [-0.39, 0.29) is 24.2 Å². The Morgan fingerprint density at radius 3 is 2.31 bits per heavy atom. The van der Waals surface area contributed by atoms with Crippen LogP contribution in [0, 0.1) is 0 Å². The van der Waals surface area contributed by atoms with Gasteiger partial charge in [-0.05, 0) is 33.6 Å². The number of rotatable bonds is 3. The van der Waals surface area contributed by atoms with Crippen molar-refractivity contribution in [2.24, 2.45) is 0 Å². The Bertz CT molecular complexity index is 227. The molecular weight excluding hydrogens is 206 g/mol. The predicted octanol–water partition coefficient (Wildman–Crippen LogP) is 1.44. The van der Waals surface area contributed by atoms with Crippen molar-refractivity contribution in [1.29, 1.82) is 0 Å². The van der Waals surface area contributed by atoms with E-state index in [9.17, 15) is 4.79 Å². The summed E-state index contributed by atoms with van der Waals surface area (Å²) in [5, 5.41) is 0. The molecule has 4 heteroatoms. The number of nitrogens with zero attached hydrogens (tertiary/aromatic N) is 1. The zero-order valence-electron chi connectivity index (χ0n) is 10.8. The van der Waals surface area contributed by atoms with E-state index >= 15 is 0 Å². The standard InChI is InChI=1S/C12H23NO3/c1-12(2,3)16-10-5-7-13(8-6-10)11(14)9-15-4/h10H,5-9H2,1-4H3. The minimum atomic E-state index is -0.0939. The molecule has 0 aliphatic carbocycles. The summed E-state index contributed by atoms with van der Waals surface area (Å²) in [7, 11) is 1.55. The fourth-order valence-electron chi connectivity index (χ4n) is 1.94. The lowest BCUT2D eigenvalue weighted by Crippen LogP contribution is -2.44. The molecule has 0 spiro atoms. The molecule has 1 saturated heterocycles. The van der Waals surface area contributed by atoms with Crippen molar-refractivity contribution >= 4 is 5.91 Å². The summed E-state index contributed by atoms with van der Waals surface area (Å²) in [5.41, 5.74) is -0.0939. The van der Waals surface area contributed by atoms with Crippen LogP contribution in [0.25, 0.3) is 0 Å². The Balaban J connectivity index is 2.31. The molecule has 0 unspecified atom stereocenters. The van der Waals surface area contributed by atoms with Crippen LogP contribution in [0.5, 0.6) is 0 Å². The summed E-state index contributed by atoms with van der Waals surface area (Å²) in [6.07, 6.45) is 2.13. The summed E-state index contributed by atoms with van der Waals surface area (Å²) in [6, 6.07) is 0. The highest BCUT2D eigenvalue weighted by molar-refractivity contribution is 5.77. The lowest BCUT2D eigenvalue weighted by atomic mass is 10.1. The second kappa shape index (κ2) is 5.64. The molecule has 1 heterocycles. The maximum Gasteiger partial charge on any atom is 0.248 e. The topological polar surface area (TPSA) is 38.8 Å². The lowest BCUT2D eigenvalue weighted by molar-refractivity contribution is -0.140. The van der Waals surface area contributed by atoms with Crippen LogP contribution < -0.4 is 0 Å². The van der Waals surface area contributed by atoms with Crippen molar-refractivity contribution in [3.8, 4) is 0 Å². The van der Waals surface area contributed by atoms with Gasteiger partial charge in [-0.15, -0.1) is 0 Å². The van der Waals surface area contributed by atoms with Gasteiger partial charge in [-0.25, -0.2) is 0 Å². The molecule has 16 heavy (non-hydrogen) atoms. The average Bonchev–Trinajstić information content (AvgIpc) is 2.16. The van der Waals surface area contributed by atoms with Crippen LogP contribution in [0.15, 0.2) is 0 Å². The Morgan fingerprint density at radius 2 is 1.88 bits per heavy atom. The highest BCUT2D eigenvalue weighted by Gasteiger charge is 2.26. The fraction of sp³-hybridized carbons (Fsp3) is 0.917. The van der Waals surface area contributed by atoms with Crippen molar-refractivity contribution in [1.82, 2.24) is 4.90 Å². The quantitative estimate of drug-likeness (QED) is 0.735. The molecule has 1 aliphatic rings. The molecule has 4 nitrogen and oxygen atoms in total. The van der Waals surface area contributed by atoms with E-state index < -0.39 is 0 Å². The number of likely N-dealkylation sites (tertiary alicyclic amines) is 1. The molecule has 0 aromatic carbocycles. The molecular formula is C12H23NO3. The number of ether oxygens (including phenoxy) is 2. The van der Waals surface area contributed by atoms with Gasteiger partial charge in [0.2, 0.25) is 5.91 Å². The third-order valence-electron chi connectivity index (χ3n) is 2.58. The van der Waals surface area contributed by atoms with Crippen molar-refractivity contribution in [2.75, 3.05) is 26.8 Å². The zero-order valence-corrected chi connectivity index (χ0v) is 10.8. The molecule has 0 atom stereocenters. The number of amides is 1. The molecule has 1 rings (SSSR count). The van der Waals surface area contributed by atoms with Gasteiger partial charge in [0.25, 0.3) is 0 Å². The maximum atomic E-state index is 11.6. The molecule has 0 N–H and O–H groups in total. The molecule has 0 aromatic rings. The Hall–Kier alpha value is -0.610. The highest BCUT2D eigenvalue weighted by Crippen LogP contribution is 2.20. The largest absolute Gasteiger partial charge is 0.375 e. The van der Waals surface area contributed by atoms with Gasteiger partial charge in [-0.3, -0.25) is 4.79 Å². The highest BCUT2D eigenvalue weighted by atomic mass is 16.5. The number of carbonyl (C=O) groups excluding carboxylic acids is 1. The van der Waals surface area contributed by atoms with Crippen LogP contribution in [-0.4, -0.2) is 49.3 Å². The SMILES string of the molecule is COCC(=O)N1CCC(OC(C)(C)C)CC1. The first-order chi connectivity index (χ1) is 7.42. The monoisotopic (exact) mass is 229 g/mol. The van der Waals surface area contributed by atoms with E-state index in [4.69, 9.17) is 9.47 Å². The molecule has 0 bridgehead atoms. The van der Waals surface area contributed by atoms with Crippen LogP contribution in [0.3, 0.4) is 0 Å². The number of carbonyl (C=O) groups is 1. The normalized spacial score (nSPS) is 18.9. The number of hydrogen-bond donors (Lipinski definition) is 0. The molecule has 0 saturated carbocycles. The van der Waals surface area contributed by atoms with Crippen LogP contribution in [-0.2, 0) is 14.3 Å². The van der Waals surface area contributed by atoms with Crippen LogP contribution >= 0.6 is 0 Å². The van der Waals surface area contributed by atoms with Gasteiger partial charge in [0, 0.05) is 20.2 Å². The summed E-state index contributed by atoms with van der Waals surface area (Å²) >= 11 is 0. The van der Waals surface area contributed by atoms with Crippen molar-refractivity contribution in [2.45, 2.75) is 45.3 Å². The van der Waals surface area contributed by atoms with E-state index in [1.807, 2.05) is 4.90 Å². The van der Waals surface area contributed by atoms with E-state index in [0.29, 0.717) is 0 Å². The average molecular weight is 229 g/mol. The molecule has 0 aromatic heterocycles. The minimum Gasteiger partial charge on any atom is -0.375 e. The first kappa shape index (κ1) is 13.5. The van der Waals surface area contributed by atoms with E-state index in [0.717, 1.165) is 25.9 Å². The van der Waals surface area contributed by atoms with E-state index in [2.05, 4.69) is 20.8 Å². The number of hydrogen-bond acceptors (Lipinski definition) is 3. The molecule has 94 valence electrons. The number of methoxy groups -OCH3 is 1. The van der Waals surface area contributed by atoms with Crippen LogP contribution in [0.4, 0.5) is 0 Å². The van der Waals surface area contributed by atoms with Crippen molar-refractivity contribution in [3.63, 3.8) is 0 Å². The first-order valence-electron chi connectivity index (χ1n) is 5.87. The fourth-order valence-corrected chi connectivity index (χ4v) is 1.94. The smallest absolute Gasteiger partial charge is 0.248 e. The number of piperidine rings is 1. The van der Waals surface area contributed by atoms with Crippen molar-refractivity contribution in [3.05, 3.63) is 0 Å². The summed E-state index contributed by atoms with van der Waals surface area (Å²) in [4.78, 5) is 13.4. The summed E-state index contributed by atoms with van der Waals surface area (Å²) < 4.78 is 10.7. The first-order valence-corrected chi connectivity index (χ1v) is 5.87. The zero-order chi connectivity index (χ0) is 12.2. The van der Waals surface area contributed by atoms with Gasteiger partial charge >= 0.3 is 0 Å². The van der Waals surface area contributed by atoms with E-state index in [1.165, 1.54) is 0 Å². The Kier molecular flexibility index (Phi) is 4.74. The van der Waals surface area contributed by atoms with Gasteiger partial charge in [0.05, 0.1) is 11.7 Å². The van der Waals surface area contributed by atoms with Crippen LogP contribution in [0.1, 0.15) is 33.6 Å². The Labute approximate surface area is 97.9 Å². The van der Waals surface area contributed by atoms with Gasteiger partial charge in [0.15, 0.2) is 0 Å². The van der Waals surface area contributed by atoms with Gasteiger partial charge < -0.3 is 14.4 Å². The predicted molar refractivity (Wildman–Crippen MR) is 62.3 cm³/mol. The van der Waals surface area contributed by atoms with E-state index in [1.54, 1.807) is 7.11 Å². The van der Waals surface area contributed by atoms with Gasteiger partial charge in [-0.2, -0.15) is 0 Å². The molecule has 1 amide bonds. The third kappa shape index (κ3) is 4.49. The molecule has 1 fully saturated rings. The molecule has 1 aliphatic heterocycles. The maximum absolute atomic E-state index is 11.6. The second-order valence-corrected chi connectivity index (χ2v) is 5.24. The van der Waals surface area contributed by atoms with Gasteiger partial charge in [-0.1, -0.05) is 0 Å². The summed E-state index contributed by atoms with van der Waals surface area (Å²) in [5.74, 6) is 0.0803. The van der Waals surface area contributed by atoms with Crippen molar-refractivity contribution < 1.29 is 14.3 Å². The lowest BCUT2D eigenvalue weighted by Gasteiger charge is -2.35. The third-order valence-corrected chi connectivity index (χ3v) is 2.58. The van der Waals surface area contributed by atoms with Crippen LogP contribution in [0.2, 0.25) is 0 Å². The summed E-state index contributed by atoms with van der Waals surface area (Å²) in [6.45, 7) is 7.94. The Morgan fingerprint density at radius 1 is 1.31 bits per heavy atom. The second-order valence-electron chi connectivity index (χ2n) is 5.24.